The van der Waals surface area contributed by atoms with Crippen LogP contribution in [0.1, 0.15) is 5.56 Å². The molecule has 0 unspecified atom stereocenters. The van der Waals surface area contributed by atoms with Crippen LogP contribution in [0.2, 0.25) is 0 Å². The van der Waals surface area contributed by atoms with Crippen molar-refractivity contribution in [3.63, 3.8) is 0 Å². The molecule has 0 radical (unpaired) electrons. The van der Waals surface area contributed by atoms with E-state index in [4.69, 9.17) is 5.73 Å². The summed E-state index contributed by atoms with van der Waals surface area (Å²) in [5.74, 6) is 0.176. The van der Waals surface area contributed by atoms with Gasteiger partial charge in [-0.15, -0.1) is 0 Å². The van der Waals surface area contributed by atoms with Crippen LogP contribution in [-0.2, 0) is 6.54 Å². The van der Waals surface area contributed by atoms with Crippen LogP contribution >= 0.6 is 0 Å². The third-order valence-corrected chi connectivity index (χ3v) is 2.44. The molecule has 14 heavy (non-hydrogen) atoms. The highest BCUT2D eigenvalue weighted by atomic mass is 16.3. The molecule has 4 nitrogen and oxygen atoms in total. The molecule has 1 aliphatic rings. The van der Waals surface area contributed by atoms with Gasteiger partial charge in [0.2, 0.25) is 0 Å². The van der Waals surface area contributed by atoms with Gasteiger partial charge in [0, 0.05) is 26.3 Å². The van der Waals surface area contributed by atoms with Gasteiger partial charge in [-0.2, -0.15) is 0 Å². The molecule has 76 valence electrons. The quantitative estimate of drug-likeness (QED) is 0.468. The zero-order chi connectivity index (χ0) is 9.97. The molecule has 1 fully saturated rings. The van der Waals surface area contributed by atoms with Gasteiger partial charge in [0.1, 0.15) is 5.75 Å². The van der Waals surface area contributed by atoms with Crippen molar-refractivity contribution in [2.75, 3.05) is 25.5 Å². The van der Waals surface area contributed by atoms with E-state index in [0.717, 1.165) is 31.9 Å². The van der Waals surface area contributed by atoms with E-state index in [-0.39, 0.29) is 5.75 Å². The maximum absolute atomic E-state index is 9.41. The molecule has 0 aromatic heterocycles. The molecular formula is C10H15N3O. The number of benzene rings is 1. The number of anilines is 1. The van der Waals surface area contributed by atoms with Gasteiger partial charge in [-0.25, -0.2) is 0 Å². The first kappa shape index (κ1) is 9.30. The minimum atomic E-state index is 0.176. The minimum Gasteiger partial charge on any atom is -0.506 e. The SMILES string of the molecule is Nc1ccc(CN2CCNC2)cc1O. The molecule has 0 saturated carbocycles. The number of hydrogen-bond donors (Lipinski definition) is 3. The lowest BCUT2D eigenvalue weighted by Crippen LogP contribution is -2.21. The summed E-state index contributed by atoms with van der Waals surface area (Å²) in [6.45, 7) is 3.89. The van der Waals surface area contributed by atoms with Gasteiger partial charge in [-0.1, -0.05) is 6.07 Å². The molecule has 0 aliphatic carbocycles. The number of phenolic OH excluding ortho intramolecular Hbond substituents is 1. The summed E-state index contributed by atoms with van der Waals surface area (Å²) in [4.78, 5) is 2.28. The predicted octanol–water partition coefficient (Wildman–Crippen LogP) is 0.337. The van der Waals surface area contributed by atoms with Crippen LogP contribution in [0, 0.1) is 0 Å². The largest absolute Gasteiger partial charge is 0.506 e. The fourth-order valence-corrected chi connectivity index (χ4v) is 1.63. The van der Waals surface area contributed by atoms with Crippen LogP contribution in [0.5, 0.6) is 5.75 Å². The molecule has 0 spiro atoms. The maximum Gasteiger partial charge on any atom is 0.138 e. The molecule has 0 bridgehead atoms. The Kier molecular flexibility index (Phi) is 2.56. The van der Waals surface area contributed by atoms with Crippen molar-refractivity contribution in [2.45, 2.75) is 6.54 Å². The standard InChI is InChI=1S/C10H15N3O/c11-9-2-1-8(5-10(9)14)6-13-4-3-12-7-13/h1-2,5,12,14H,3-4,6-7,11H2. The van der Waals surface area contributed by atoms with Crippen molar-refractivity contribution >= 4 is 5.69 Å². The lowest BCUT2D eigenvalue weighted by Gasteiger charge is -2.13. The minimum absolute atomic E-state index is 0.176. The van der Waals surface area contributed by atoms with Crippen molar-refractivity contribution in [3.05, 3.63) is 23.8 Å². The van der Waals surface area contributed by atoms with E-state index in [1.165, 1.54) is 0 Å². The van der Waals surface area contributed by atoms with Gasteiger partial charge < -0.3 is 16.2 Å². The molecule has 2 rings (SSSR count). The normalized spacial score (nSPS) is 17.4. The second-order valence-electron chi connectivity index (χ2n) is 3.60. The highest BCUT2D eigenvalue weighted by Gasteiger charge is 2.11. The highest BCUT2D eigenvalue weighted by Crippen LogP contribution is 2.21. The Morgan fingerprint density at radius 3 is 3.00 bits per heavy atom. The number of phenols is 1. The summed E-state index contributed by atoms with van der Waals surface area (Å²) < 4.78 is 0. The summed E-state index contributed by atoms with van der Waals surface area (Å²) >= 11 is 0. The summed E-state index contributed by atoms with van der Waals surface area (Å²) in [5.41, 5.74) is 7.06. The van der Waals surface area contributed by atoms with E-state index < -0.39 is 0 Å². The second kappa shape index (κ2) is 3.86. The zero-order valence-corrected chi connectivity index (χ0v) is 8.03. The Bertz CT molecular complexity index is 321. The molecule has 1 aliphatic heterocycles. The fraction of sp³-hybridized carbons (Fsp3) is 0.400. The highest BCUT2D eigenvalue weighted by molar-refractivity contribution is 5.52. The third-order valence-electron chi connectivity index (χ3n) is 2.44. The van der Waals surface area contributed by atoms with E-state index >= 15 is 0 Å². The Morgan fingerprint density at radius 2 is 2.36 bits per heavy atom. The van der Waals surface area contributed by atoms with E-state index in [1.807, 2.05) is 6.07 Å². The summed E-state index contributed by atoms with van der Waals surface area (Å²) in [7, 11) is 0. The van der Waals surface area contributed by atoms with Crippen LogP contribution in [0.4, 0.5) is 5.69 Å². The van der Waals surface area contributed by atoms with Gasteiger partial charge in [0.05, 0.1) is 5.69 Å². The van der Waals surface area contributed by atoms with Gasteiger partial charge in [0.25, 0.3) is 0 Å². The molecule has 0 atom stereocenters. The molecule has 4 N–H and O–H groups in total. The lowest BCUT2D eigenvalue weighted by molar-refractivity contribution is 0.327. The number of nitrogens with one attached hydrogen (secondary N) is 1. The molecule has 0 amide bonds. The summed E-state index contributed by atoms with van der Waals surface area (Å²) in [6.07, 6.45) is 0. The van der Waals surface area contributed by atoms with Crippen molar-refractivity contribution in [1.82, 2.24) is 10.2 Å². The first-order chi connectivity index (χ1) is 6.75. The number of nitrogens with two attached hydrogens (primary N) is 1. The number of nitrogens with zero attached hydrogens (tertiary/aromatic N) is 1. The van der Waals surface area contributed by atoms with Crippen LogP contribution in [0.15, 0.2) is 18.2 Å². The van der Waals surface area contributed by atoms with Crippen molar-refractivity contribution in [1.29, 1.82) is 0 Å². The van der Waals surface area contributed by atoms with Crippen LogP contribution in [0.3, 0.4) is 0 Å². The molecule has 1 saturated heterocycles. The molecule has 1 aromatic carbocycles. The van der Waals surface area contributed by atoms with Gasteiger partial charge in [-0.05, 0) is 17.7 Å². The zero-order valence-electron chi connectivity index (χ0n) is 8.03. The van der Waals surface area contributed by atoms with Crippen LogP contribution in [-0.4, -0.2) is 29.8 Å². The van der Waals surface area contributed by atoms with Gasteiger partial charge in [0.15, 0.2) is 0 Å². The lowest BCUT2D eigenvalue weighted by atomic mass is 10.2. The molecule has 4 heteroatoms. The van der Waals surface area contributed by atoms with Gasteiger partial charge >= 0.3 is 0 Å². The average Bonchev–Trinajstić information content (AvgIpc) is 2.64. The first-order valence-corrected chi connectivity index (χ1v) is 4.76. The van der Waals surface area contributed by atoms with Crippen LogP contribution in [0.25, 0.3) is 0 Å². The topological polar surface area (TPSA) is 61.5 Å². The third kappa shape index (κ3) is 1.97. The van der Waals surface area contributed by atoms with Crippen molar-refractivity contribution < 1.29 is 5.11 Å². The fourth-order valence-electron chi connectivity index (χ4n) is 1.63. The maximum atomic E-state index is 9.41. The van der Waals surface area contributed by atoms with Crippen LogP contribution < -0.4 is 11.1 Å². The summed E-state index contributed by atoms with van der Waals surface area (Å²) in [5, 5.41) is 12.7. The Hall–Kier alpha value is -1.26. The average molecular weight is 193 g/mol. The van der Waals surface area contributed by atoms with Gasteiger partial charge in [-0.3, -0.25) is 4.90 Å². The Labute approximate surface area is 83.3 Å². The first-order valence-electron chi connectivity index (χ1n) is 4.76. The molecule has 1 heterocycles. The molecule has 1 aromatic rings. The van der Waals surface area contributed by atoms with E-state index in [2.05, 4.69) is 10.2 Å². The Morgan fingerprint density at radius 1 is 1.50 bits per heavy atom. The smallest absolute Gasteiger partial charge is 0.138 e. The van der Waals surface area contributed by atoms with E-state index in [0.29, 0.717) is 5.69 Å². The number of nitrogen functional groups attached to an aromatic ring is 1. The number of aromatic hydroxyl groups is 1. The Balaban J connectivity index is 2.05. The molecular weight excluding hydrogens is 178 g/mol. The van der Waals surface area contributed by atoms with E-state index in [9.17, 15) is 5.11 Å². The second-order valence-corrected chi connectivity index (χ2v) is 3.60. The van der Waals surface area contributed by atoms with Crippen molar-refractivity contribution in [2.24, 2.45) is 0 Å². The van der Waals surface area contributed by atoms with E-state index in [1.54, 1.807) is 12.1 Å². The predicted molar refractivity (Wildman–Crippen MR) is 55.8 cm³/mol. The monoisotopic (exact) mass is 193 g/mol. The number of hydrogen-bond acceptors (Lipinski definition) is 4. The van der Waals surface area contributed by atoms with Crippen molar-refractivity contribution in [3.8, 4) is 5.75 Å². The summed E-state index contributed by atoms with van der Waals surface area (Å²) in [6, 6.07) is 5.43. The number of rotatable bonds is 2.